The Morgan fingerprint density at radius 2 is 2.19 bits per heavy atom. The molecule has 2 atom stereocenters. The highest BCUT2D eigenvalue weighted by Gasteiger charge is 2.33. The molecule has 3 nitrogen and oxygen atoms in total. The molecule has 0 radical (unpaired) electrons. The van der Waals surface area contributed by atoms with E-state index in [9.17, 15) is 4.79 Å². The Kier molecular flexibility index (Phi) is 3.46. The monoisotopic (exact) mass is 240 g/mol. The van der Waals surface area contributed by atoms with Gasteiger partial charge in [0, 0.05) is 17.5 Å². The molecular weight excluding hydrogens is 228 g/mol. The average molecular weight is 241 g/mol. The molecule has 4 heteroatoms. The van der Waals surface area contributed by atoms with Crippen LogP contribution in [0, 0.1) is 5.92 Å². The molecule has 0 bridgehead atoms. The molecule has 1 aromatic carbocycles. The second-order valence-corrected chi connectivity index (χ2v) is 4.34. The summed E-state index contributed by atoms with van der Waals surface area (Å²) in [6.07, 6.45) is 0.709. The molecule has 86 valence electrons. The summed E-state index contributed by atoms with van der Waals surface area (Å²) in [6.45, 7) is 0.866. The first-order chi connectivity index (χ1) is 7.70. The summed E-state index contributed by atoms with van der Waals surface area (Å²) in [5.74, 6) is -1.35. The number of carboxylic acids is 1. The number of benzene rings is 1. The number of hydrogen-bond donors (Lipinski definition) is 1. The minimum atomic E-state index is -0.815. The van der Waals surface area contributed by atoms with Crippen LogP contribution >= 0.6 is 11.6 Å². The molecule has 2 rings (SSSR count). The molecule has 0 aliphatic carbocycles. The highest BCUT2D eigenvalue weighted by atomic mass is 35.5. The molecule has 1 aliphatic heterocycles. The lowest BCUT2D eigenvalue weighted by Crippen LogP contribution is -2.32. The number of halogens is 1. The molecule has 1 aliphatic rings. The summed E-state index contributed by atoms with van der Waals surface area (Å²) in [6, 6.07) is 7.43. The van der Waals surface area contributed by atoms with Gasteiger partial charge in [-0.15, -0.1) is 0 Å². The molecule has 1 heterocycles. The first kappa shape index (κ1) is 11.4. The number of carboxylic acid groups (broad SMARTS) is 1. The molecule has 1 saturated heterocycles. The van der Waals surface area contributed by atoms with Crippen LogP contribution < -0.4 is 0 Å². The quantitative estimate of drug-likeness (QED) is 0.864. The Bertz CT molecular complexity index is 392. The minimum Gasteiger partial charge on any atom is -0.481 e. The molecule has 1 fully saturated rings. The summed E-state index contributed by atoms with van der Waals surface area (Å²) in [7, 11) is 0. The first-order valence-corrected chi connectivity index (χ1v) is 5.63. The third kappa shape index (κ3) is 2.20. The number of rotatable bonds is 2. The lowest BCUT2D eigenvalue weighted by atomic mass is 9.83. The smallest absolute Gasteiger partial charge is 0.309 e. The lowest BCUT2D eigenvalue weighted by Gasteiger charge is -2.29. The third-order valence-corrected chi connectivity index (χ3v) is 3.32. The van der Waals surface area contributed by atoms with Gasteiger partial charge in [0.15, 0.2) is 0 Å². The summed E-state index contributed by atoms with van der Waals surface area (Å²) in [5, 5.41) is 9.78. The zero-order valence-electron chi connectivity index (χ0n) is 8.73. The van der Waals surface area contributed by atoms with Gasteiger partial charge in [-0.1, -0.05) is 29.8 Å². The zero-order valence-corrected chi connectivity index (χ0v) is 9.48. The van der Waals surface area contributed by atoms with Gasteiger partial charge in [-0.05, 0) is 18.1 Å². The summed E-state index contributed by atoms with van der Waals surface area (Å²) < 4.78 is 5.21. The van der Waals surface area contributed by atoms with Crippen LogP contribution in [0.3, 0.4) is 0 Å². The van der Waals surface area contributed by atoms with E-state index < -0.39 is 11.9 Å². The molecule has 2 unspecified atom stereocenters. The molecule has 0 saturated carbocycles. The molecule has 0 amide bonds. The predicted octanol–water partition coefficient (Wildman–Crippen LogP) is 2.54. The van der Waals surface area contributed by atoms with Crippen molar-refractivity contribution in [2.75, 3.05) is 13.2 Å². The summed E-state index contributed by atoms with van der Waals surface area (Å²) >= 11 is 6.09. The number of carbonyl (C=O) groups is 1. The maximum Gasteiger partial charge on any atom is 0.309 e. The highest BCUT2D eigenvalue weighted by Crippen LogP contribution is 2.35. The van der Waals surface area contributed by atoms with Crippen molar-refractivity contribution in [3.8, 4) is 0 Å². The Labute approximate surface area is 99.0 Å². The second kappa shape index (κ2) is 4.85. The van der Waals surface area contributed by atoms with E-state index in [1.165, 1.54) is 0 Å². The van der Waals surface area contributed by atoms with Gasteiger partial charge in [-0.2, -0.15) is 0 Å². The van der Waals surface area contributed by atoms with E-state index in [0.717, 1.165) is 5.56 Å². The van der Waals surface area contributed by atoms with Gasteiger partial charge in [0.2, 0.25) is 0 Å². The van der Waals surface area contributed by atoms with Gasteiger partial charge < -0.3 is 9.84 Å². The largest absolute Gasteiger partial charge is 0.481 e. The van der Waals surface area contributed by atoms with Gasteiger partial charge in [-0.25, -0.2) is 0 Å². The van der Waals surface area contributed by atoms with Crippen molar-refractivity contribution in [1.29, 1.82) is 0 Å². The van der Waals surface area contributed by atoms with Crippen LogP contribution in [0.5, 0.6) is 0 Å². The molecule has 0 aromatic heterocycles. The highest BCUT2D eigenvalue weighted by molar-refractivity contribution is 6.31. The van der Waals surface area contributed by atoms with Crippen molar-refractivity contribution >= 4 is 17.6 Å². The average Bonchev–Trinajstić information content (AvgIpc) is 2.29. The number of ether oxygens (including phenoxy) is 1. The maximum absolute atomic E-state index is 11.1. The third-order valence-electron chi connectivity index (χ3n) is 2.98. The Morgan fingerprint density at radius 3 is 2.88 bits per heavy atom. The van der Waals surface area contributed by atoms with Crippen molar-refractivity contribution in [2.45, 2.75) is 12.3 Å². The molecular formula is C12H13ClO3. The van der Waals surface area contributed by atoms with Gasteiger partial charge in [0.1, 0.15) is 0 Å². The van der Waals surface area contributed by atoms with E-state index in [1.54, 1.807) is 6.07 Å². The van der Waals surface area contributed by atoms with Gasteiger partial charge >= 0.3 is 5.97 Å². The van der Waals surface area contributed by atoms with Crippen molar-refractivity contribution < 1.29 is 14.6 Å². The van der Waals surface area contributed by atoms with E-state index in [2.05, 4.69) is 0 Å². The fraction of sp³-hybridized carbons (Fsp3) is 0.417. The number of hydrogen-bond acceptors (Lipinski definition) is 2. The van der Waals surface area contributed by atoms with E-state index in [4.69, 9.17) is 21.4 Å². The minimum absolute atomic E-state index is 0.0417. The van der Waals surface area contributed by atoms with Crippen molar-refractivity contribution in [2.24, 2.45) is 5.92 Å². The van der Waals surface area contributed by atoms with Gasteiger partial charge in [0.25, 0.3) is 0 Å². The SMILES string of the molecule is O=C(O)C1COCCC1c1ccccc1Cl. The molecule has 16 heavy (non-hydrogen) atoms. The predicted molar refractivity (Wildman–Crippen MR) is 60.8 cm³/mol. The van der Waals surface area contributed by atoms with Crippen LogP contribution in [0.1, 0.15) is 17.9 Å². The van der Waals surface area contributed by atoms with Crippen LogP contribution in [-0.2, 0) is 9.53 Å². The standard InChI is InChI=1S/C12H13ClO3/c13-11-4-2-1-3-9(11)8-5-6-16-7-10(8)12(14)15/h1-4,8,10H,5-7H2,(H,14,15). The van der Waals surface area contributed by atoms with Gasteiger partial charge in [0.05, 0.1) is 12.5 Å². The summed E-state index contributed by atoms with van der Waals surface area (Å²) in [4.78, 5) is 11.1. The van der Waals surface area contributed by atoms with E-state index in [1.807, 2.05) is 18.2 Å². The fourth-order valence-electron chi connectivity index (χ4n) is 2.13. The van der Waals surface area contributed by atoms with Crippen molar-refractivity contribution in [1.82, 2.24) is 0 Å². The van der Waals surface area contributed by atoms with Crippen LogP contribution in [-0.4, -0.2) is 24.3 Å². The lowest BCUT2D eigenvalue weighted by molar-refractivity contribution is -0.147. The Morgan fingerprint density at radius 1 is 1.44 bits per heavy atom. The zero-order chi connectivity index (χ0) is 11.5. The second-order valence-electron chi connectivity index (χ2n) is 3.94. The molecule has 1 aromatic rings. The van der Waals surface area contributed by atoms with Crippen LogP contribution in [0.25, 0.3) is 0 Å². The van der Waals surface area contributed by atoms with Crippen LogP contribution in [0.2, 0.25) is 5.02 Å². The Balaban J connectivity index is 2.30. The topological polar surface area (TPSA) is 46.5 Å². The van der Waals surface area contributed by atoms with E-state index in [0.29, 0.717) is 18.1 Å². The maximum atomic E-state index is 11.1. The van der Waals surface area contributed by atoms with Gasteiger partial charge in [-0.3, -0.25) is 4.79 Å². The fourth-order valence-corrected chi connectivity index (χ4v) is 2.41. The number of aliphatic carboxylic acids is 1. The van der Waals surface area contributed by atoms with E-state index >= 15 is 0 Å². The normalized spacial score (nSPS) is 25.3. The van der Waals surface area contributed by atoms with Crippen LogP contribution in [0.4, 0.5) is 0 Å². The van der Waals surface area contributed by atoms with Crippen molar-refractivity contribution in [3.63, 3.8) is 0 Å². The first-order valence-electron chi connectivity index (χ1n) is 5.25. The summed E-state index contributed by atoms with van der Waals surface area (Å²) in [5.41, 5.74) is 0.917. The molecule has 1 N–H and O–H groups in total. The Hall–Kier alpha value is -1.06. The van der Waals surface area contributed by atoms with Crippen LogP contribution in [0.15, 0.2) is 24.3 Å². The van der Waals surface area contributed by atoms with E-state index in [-0.39, 0.29) is 12.5 Å². The van der Waals surface area contributed by atoms with Crippen molar-refractivity contribution in [3.05, 3.63) is 34.9 Å². The molecule has 0 spiro atoms.